The number of allylic oxidation sites excluding steroid dienone is 2. The molecule has 4 aromatic rings. The maximum Gasteiger partial charge on any atom is 0.227 e. The maximum atomic E-state index is 13.6. The highest BCUT2D eigenvalue weighted by Crippen LogP contribution is 2.25. The van der Waals surface area contributed by atoms with E-state index in [1.165, 1.54) is 11.8 Å². The molecule has 0 aliphatic carbocycles. The van der Waals surface area contributed by atoms with E-state index in [0.29, 0.717) is 11.5 Å². The van der Waals surface area contributed by atoms with Crippen molar-refractivity contribution in [1.29, 1.82) is 0 Å². The van der Waals surface area contributed by atoms with Crippen molar-refractivity contribution in [2.24, 2.45) is 0 Å². The number of hydrogen-bond acceptors (Lipinski definition) is 5. The van der Waals surface area contributed by atoms with Crippen LogP contribution >= 0.6 is 0 Å². The Hall–Kier alpha value is -4.45. The van der Waals surface area contributed by atoms with E-state index in [2.05, 4.69) is 64.9 Å². The molecule has 2 N–H and O–H groups in total. The Balaban J connectivity index is 1.36. The summed E-state index contributed by atoms with van der Waals surface area (Å²) in [4.78, 5) is 11.5. The Kier molecular flexibility index (Phi) is 9.68. The Morgan fingerprint density at radius 2 is 1.65 bits per heavy atom. The van der Waals surface area contributed by atoms with Crippen molar-refractivity contribution in [1.82, 2.24) is 9.97 Å². The summed E-state index contributed by atoms with van der Waals surface area (Å²) in [6.07, 6.45) is 4.66. The Labute approximate surface area is 237 Å². The zero-order valence-electron chi connectivity index (χ0n) is 23.7. The second kappa shape index (κ2) is 13.6. The molecule has 206 valence electrons. The summed E-state index contributed by atoms with van der Waals surface area (Å²) in [5.41, 5.74) is 8.57. The van der Waals surface area contributed by atoms with E-state index in [4.69, 9.17) is 4.98 Å². The quantitative estimate of drug-likeness (QED) is 0.179. The first-order chi connectivity index (χ1) is 19.3. The van der Waals surface area contributed by atoms with Crippen molar-refractivity contribution >= 4 is 28.6 Å². The third-order valence-electron chi connectivity index (χ3n) is 6.65. The molecule has 1 aromatic heterocycles. The van der Waals surface area contributed by atoms with Gasteiger partial charge in [-0.3, -0.25) is 0 Å². The molecule has 0 atom stereocenters. The number of nitrogens with one attached hydrogen (secondary N) is 2. The average Bonchev–Trinajstić information content (AvgIpc) is 2.95. The first-order valence-electron chi connectivity index (χ1n) is 13.7. The van der Waals surface area contributed by atoms with E-state index in [0.717, 1.165) is 71.8 Å². The lowest BCUT2D eigenvalue weighted by Crippen LogP contribution is -2.25. The van der Waals surface area contributed by atoms with Gasteiger partial charge in [-0.2, -0.15) is 0 Å². The Morgan fingerprint density at radius 1 is 0.925 bits per heavy atom. The van der Waals surface area contributed by atoms with E-state index < -0.39 is 0 Å². The van der Waals surface area contributed by atoms with Gasteiger partial charge in [-0.15, -0.1) is 0 Å². The van der Waals surface area contributed by atoms with Crippen LogP contribution in [0.5, 0.6) is 0 Å². The summed E-state index contributed by atoms with van der Waals surface area (Å²) in [5.74, 6) is 0.374. The molecule has 0 saturated heterocycles. The number of benzene rings is 3. The molecular formula is C34H38FN5. The monoisotopic (exact) mass is 535 g/mol. The topological polar surface area (TPSA) is 53.1 Å². The van der Waals surface area contributed by atoms with Crippen LogP contribution in [0.2, 0.25) is 0 Å². The number of nitrogens with zero attached hydrogens (tertiary/aromatic N) is 3. The largest absolute Gasteiger partial charge is 0.372 e. The summed E-state index contributed by atoms with van der Waals surface area (Å²) in [5, 5.41) is 6.55. The highest BCUT2D eigenvalue weighted by Gasteiger charge is 2.09. The molecule has 40 heavy (non-hydrogen) atoms. The van der Waals surface area contributed by atoms with Crippen LogP contribution in [-0.2, 0) is 0 Å². The van der Waals surface area contributed by atoms with Gasteiger partial charge in [0.2, 0.25) is 5.95 Å². The predicted molar refractivity (Wildman–Crippen MR) is 168 cm³/mol. The highest BCUT2D eigenvalue weighted by molar-refractivity contribution is 5.66. The molecule has 0 unspecified atom stereocenters. The molecule has 0 aliphatic heterocycles. The molecule has 4 rings (SSSR count). The van der Waals surface area contributed by atoms with Gasteiger partial charge in [-0.1, -0.05) is 38.3 Å². The molecule has 0 aliphatic rings. The number of anilines is 4. The number of hydrogen-bond donors (Lipinski definition) is 2. The van der Waals surface area contributed by atoms with Gasteiger partial charge in [-0.05, 0) is 104 Å². The average molecular weight is 536 g/mol. The Morgan fingerprint density at radius 3 is 2.33 bits per heavy atom. The van der Waals surface area contributed by atoms with Crippen molar-refractivity contribution in [2.45, 2.75) is 40.0 Å². The lowest BCUT2D eigenvalue weighted by Gasteiger charge is -2.25. The van der Waals surface area contributed by atoms with Crippen molar-refractivity contribution in [3.8, 4) is 11.3 Å². The summed E-state index contributed by atoms with van der Waals surface area (Å²) in [6.45, 7) is 15.9. The van der Waals surface area contributed by atoms with E-state index in [1.54, 1.807) is 13.1 Å². The third-order valence-corrected chi connectivity index (χ3v) is 6.65. The zero-order chi connectivity index (χ0) is 28.5. The molecule has 5 nitrogen and oxygen atoms in total. The minimum Gasteiger partial charge on any atom is -0.372 e. The smallest absolute Gasteiger partial charge is 0.227 e. The van der Waals surface area contributed by atoms with Crippen LogP contribution in [0.3, 0.4) is 0 Å². The van der Waals surface area contributed by atoms with Gasteiger partial charge >= 0.3 is 0 Å². The Bertz CT molecular complexity index is 1440. The number of aromatic nitrogens is 2. The van der Waals surface area contributed by atoms with E-state index in [-0.39, 0.29) is 5.82 Å². The molecule has 0 radical (unpaired) electrons. The molecular weight excluding hydrogens is 497 g/mol. The van der Waals surface area contributed by atoms with E-state index in [9.17, 15) is 4.39 Å². The fourth-order valence-electron chi connectivity index (χ4n) is 4.57. The molecule has 0 fully saturated rings. The van der Waals surface area contributed by atoms with Gasteiger partial charge in [0.05, 0.1) is 5.69 Å². The number of aryl methyl sites for hydroxylation is 1. The molecule has 0 spiro atoms. The van der Waals surface area contributed by atoms with Crippen molar-refractivity contribution < 1.29 is 4.39 Å². The van der Waals surface area contributed by atoms with Gasteiger partial charge in [0.1, 0.15) is 5.82 Å². The lowest BCUT2D eigenvalue weighted by atomic mass is 10.0. The predicted octanol–water partition coefficient (Wildman–Crippen LogP) is 8.99. The normalized spacial score (nSPS) is 10.7. The summed E-state index contributed by atoms with van der Waals surface area (Å²) < 4.78 is 13.6. The van der Waals surface area contributed by atoms with Crippen molar-refractivity contribution in [2.75, 3.05) is 28.6 Å². The minimum atomic E-state index is -0.176. The van der Waals surface area contributed by atoms with Crippen molar-refractivity contribution in [3.05, 3.63) is 115 Å². The first-order valence-corrected chi connectivity index (χ1v) is 13.7. The van der Waals surface area contributed by atoms with Crippen LogP contribution in [0.1, 0.15) is 44.2 Å². The molecule has 0 bridgehead atoms. The molecule has 0 saturated carbocycles. The van der Waals surface area contributed by atoms with Gasteiger partial charge in [0, 0.05) is 47.6 Å². The van der Waals surface area contributed by atoms with Crippen LogP contribution in [0.4, 0.5) is 27.4 Å². The van der Waals surface area contributed by atoms with Crippen LogP contribution in [0.15, 0.2) is 97.8 Å². The lowest BCUT2D eigenvalue weighted by molar-refractivity contribution is 0.618. The summed E-state index contributed by atoms with van der Waals surface area (Å²) in [6, 6.07) is 23.6. The van der Waals surface area contributed by atoms with E-state index in [1.807, 2.05) is 49.4 Å². The van der Waals surface area contributed by atoms with Crippen LogP contribution in [0, 0.1) is 12.7 Å². The van der Waals surface area contributed by atoms with Crippen LogP contribution in [0.25, 0.3) is 16.8 Å². The van der Waals surface area contributed by atoms with Crippen molar-refractivity contribution in [3.63, 3.8) is 0 Å². The van der Waals surface area contributed by atoms with Gasteiger partial charge in [-0.25, -0.2) is 14.4 Å². The maximum absolute atomic E-state index is 13.6. The second-order valence-corrected chi connectivity index (χ2v) is 10.1. The SMILES string of the molecule is C=C(C)Nc1ccc(-c2ccnc(Nc3ccc(N(CCC)CCCC(=C)c4ccc(F)c(C)c4)cc3)n2)cc1. The van der Waals surface area contributed by atoms with E-state index >= 15 is 0 Å². The minimum absolute atomic E-state index is 0.176. The summed E-state index contributed by atoms with van der Waals surface area (Å²) >= 11 is 0. The molecule has 0 amide bonds. The summed E-state index contributed by atoms with van der Waals surface area (Å²) in [7, 11) is 0. The van der Waals surface area contributed by atoms with Gasteiger partial charge < -0.3 is 15.5 Å². The molecule has 1 heterocycles. The van der Waals surface area contributed by atoms with Crippen LogP contribution in [-0.4, -0.2) is 23.1 Å². The third kappa shape index (κ3) is 7.79. The fraction of sp³-hybridized carbons (Fsp3) is 0.235. The molecule has 6 heteroatoms. The molecule has 3 aromatic carbocycles. The number of halogens is 1. The van der Waals surface area contributed by atoms with Crippen LogP contribution < -0.4 is 15.5 Å². The standard InChI is InChI=1S/C34H38FN5/c1-6-21-40(22-7-8-25(4)28-11-18-32(35)26(5)23-28)31-16-14-30(15-17-31)38-34-36-20-19-33(39-34)27-9-12-29(13-10-27)37-24(2)3/h9-20,23,37H,2,4,6-8,21-22H2,1,3,5H3,(H,36,38,39). The van der Waals surface area contributed by atoms with Gasteiger partial charge in [0.15, 0.2) is 0 Å². The fourth-order valence-corrected chi connectivity index (χ4v) is 4.57. The second-order valence-electron chi connectivity index (χ2n) is 10.1. The zero-order valence-corrected chi connectivity index (χ0v) is 23.7. The number of rotatable bonds is 13. The van der Waals surface area contributed by atoms with Gasteiger partial charge in [0.25, 0.3) is 0 Å². The first kappa shape index (κ1) is 28.6. The highest BCUT2D eigenvalue weighted by atomic mass is 19.1.